The first-order valence-electron chi connectivity index (χ1n) is 9.73. The number of amides is 2. The molecule has 0 aliphatic carbocycles. The highest BCUT2D eigenvalue weighted by molar-refractivity contribution is 5.77. The minimum absolute atomic E-state index is 0.0368. The Morgan fingerprint density at radius 3 is 1.41 bits per heavy atom. The highest BCUT2D eigenvalue weighted by Crippen LogP contribution is 2.11. The fourth-order valence-electron chi connectivity index (χ4n) is 2.32. The van der Waals surface area contributed by atoms with Gasteiger partial charge in [-0.25, -0.2) is 4.79 Å². The van der Waals surface area contributed by atoms with Gasteiger partial charge in [0, 0.05) is 13.0 Å². The molecule has 0 saturated heterocycles. The normalized spacial score (nSPS) is 11.0. The quantitative estimate of drug-likeness (QED) is 0.123. The van der Waals surface area contributed by atoms with E-state index in [1.54, 1.807) is 0 Å². The molecule has 0 radical (unpaired) electrons. The van der Waals surface area contributed by atoms with E-state index in [4.69, 9.17) is 34.6 Å². The number of nitrogens with one attached hydrogen (secondary N) is 2. The van der Waals surface area contributed by atoms with E-state index in [1.807, 2.05) is 0 Å². The molecule has 0 bridgehead atoms. The second-order valence-corrected chi connectivity index (χ2v) is 6.75. The number of carboxylic acids is 3. The van der Waals surface area contributed by atoms with Gasteiger partial charge in [0.1, 0.15) is 5.54 Å². The largest absolute Gasteiger partial charge is 0.481 e. The summed E-state index contributed by atoms with van der Waals surface area (Å²) in [5.41, 5.74) is -1.35. The third-order valence-corrected chi connectivity index (χ3v) is 3.78. The summed E-state index contributed by atoms with van der Waals surface area (Å²) >= 11 is 0. The lowest BCUT2D eigenvalue weighted by atomic mass is 10.0. The van der Waals surface area contributed by atoms with Crippen LogP contribution < -0.4 is 10.6 Å². The zero-order valence-corrected chi connectivity index (χ0v) is 17.5. The van der Waals surface area contributed by atoms with Gasteiger partial charge < -0.3 is 45.3 Å². The van der Waals surface area contributed by atoms with Gasteiger partial charge in [-0.05, 0) is 6.42 Å². The summed E-state index contributed by atoms with van der Waals surface area (Å²) in [6, 6.07) is 0. The number of carbonyl (C=O) groups excluding carboxylic acids is 1. The van der Waals surface area contributed by atoms with Crippen LogP contribution in [0.1, 0.15) is 32.1 Å². The molecule has 0 aromatic rings. The molecule has 0 fully saturated rings. The zero-order chi connectivity index (χ0) is 24.4. The van der Waals surface area contributed by atoms with Crippen molar-refractivity contribution in [3.63, 3.8) is 0 Å². The third kappa shape index (κ3) is 16.8. The number of hydrogen-bond acceptors (Lipinski definition) is 8. The lowest BCUT2D eigenvalue weighted by Gasteiger charge is -2.34. The summed E-state index contributed by atoms with van der Waals surface area (Å²) in [4.78, 5) is 54.9. The molecule has 32 heavy (non-hydrogen) atoms. The van der Waals surface area contributed by atoms with Crippen LogP contribution in [0.15, 0.2) is 0 Å². The number of hydrogen-bond donors (Lipinski definition) is 6. The van der Waals surface area contributed by atoms with Crippen LogP contribution >= 0.6 is 0 Å². The van der Waals surface area contributed by atoms with E-state index in [-0.39, 0.29) is 78.3 Å². The minimum atomic E-state index is -1.35. The molecule has 6 N–H and O–H groups in total. The van der Waals surface area contributed by atoms with Crippen LogP contribution in [0.3, 0.4) is 0 Å². The molecule has 0 spiro atoms. The molecule has 0 unspecified atom stereocenters. The predicted molar refractivity (Wildman–Crippen MR) is 105 cm³/mol. The lowest BCUT2D eigenvalue weighted by Crippen LogP contribution is -2.58. The fraction of sp³-hybridized carbons (Fsp3) is 0.722. The molecular formula is C18H30N2O12. The topological polar surface area (TPSA) is 218 Å². The maximum absolute atomic E-state index is 12.4. The molecule has 2 amide bonds. The molecule has 14 heteroatoms. The van der Waals surface area contributed by atoms with Crippen molar-refractivity contribution >= 4 is 29.9 Å². The Kier molecular flexibility index (Phi) is 15.1. The van der Waals surface area contributed by atoms with Gasteiger partial charge >= 0.3 is 24.0 Å². The SMILES string of the molecule is O=C(O)CCOCC(COCCC(=O)O)(COCCC(=O)O)NC(=O)CCCNC(=O)O. The first-order chi connectivity index (χ1) is 15.1. The van der Waals surface area contributed by atoms with E-state index in [9.17, 15) is 24.0 Å². The highest BCUT2D eigenvalue weighted by atomic mass is 16.5. The second kappa shape index (κ2) is 16.7. The number of ether oxygens (including phenoxy) is 3. The Morgan fingerprint density at radius 1 is 0.656 bits per heavy atom. The molecule has 0 atom stereocenters. The van der Waals surface area contributed by atoms with Crippen molar-refractivity contribution in [2.24, 2.45) is 0 Å². The lowest BCUT2D eigenvalue weighted by molar-refractivity contribution is -0.140. The van der Waals surface area contributed by atoms with Crippen LogP contribution in [0.4, 0.5) is 4.79 Å². The van der Waals surface area contributed by atoms with Crippen molar-refractivity contribution in [1.82, 2.24) is 10.6 Å². The first kappa shape index (κ1) is 29.0. The second-order valence-electron chi connectivity index (χ2n) is 6.75. The molecule has 14 nitrogen and oxygen atoms in total. The summed E-state index contributed by atoms with van der Waals surface area (Å²) in [6.07, 6.45) is -2.01. The van der Waals surface area contributed by atoms with Crippen molar-refractivity contribution in [3.8, 4) is 0 Å². The molecule has 0 aromatic carbocycles. The highest BCUT2D eigenvalue weighted by Gasteiger charge is 2.33. The Bertz CT molecular complexity index is 570. The summed E-state index contributed by atoms with van der Waals surface area (Å²) in [6.45, 7) is -1.26. The molecule has 184 valence electrons. The van der Waals surface area contributed by atoms with Crippen LogP contribution in [-0.4, -0.2) is 102 Å². The van der Waals surface area contributed by atoms with Crippen LogP contribution in [0, 0.1) is 0 Å². The van der Waals surface area contributed by atoms with Crippen LogP contribution in [0.25, 0.3) is 0 Å². The standard InChI is InChI=1S/C18H30N2O12/c21-13(2-1-6-19-17(28)29)20-18(10-30-7-3-14(22)23,11-31-8-4-15(24)25)12-32-9-5-16(26)27/h19H,1-12H2,(H,20,21)(H,22,23)(H,24,25)(H,26,27)(H,28,29). The molecule has 0 saturated carbocycles. The summed E-state index contributed by atoms with van der Waals surface area (Å²) < 4.78 is 16.0. The molecule has 0 rings (SSSR count). The molecule has 0 aromatic heterocycles. The number of aliphatic carboxylic acids is 3. The van der Waals surface area contributed by atoms with Gasteiger partial charge in [-0.3, -0.25) is 19.2 Å². The maximum Gasteiger partial charge on any atom is 0.404 e. The first-order valence-corrected chi connectivity index (χ1v) is 9.73. The average Bonchev–Trinajstić information content (AvgIpc) is 2.68. The van der Waals surface area contributed by atoms with Gasteiger partial charge in [-0.2, -0.15) is 0 Å². The van der Waals surface area contributed by atoms with E-state index in [1.165, 1.54) is 0 Å². The van der Waals surface area contributed by atoms with Crippen molar-refractivity contribution in [3.05, 3.63) is 0 Å². The van der Waals surface area contributed by atoms with E-state index in [2.05, 4.69) is 10.6 Å². The predicted octanol–water partition coefficient (Wildman–Crippen LogP) is -0.637. The van der Waals surface area contributed by atoms with E-state index in [0.717, 1.165) is 0 Å². The maximum atomic E-state index is 12.4. The van der Waals surface area contributed by atoms with Crippen molar-refractivity contribution in [2.45, 2.75) is 37.6 Å². The van der Waals surface area contributed by atoms with Gasteiger partial charge in [0.05, 0.1) is 58.9 Å². The van der Waals surface area contributed by atoms with Crippen molar-refractivity contribution < 1.29 is 58.6 Å². The Morgan fingerprint density at radius 2 is 1.06 bits per heavy atom. The van der Waals surface area contributed by atoms with E-state index < -0.39 is 35.4 Å². The Hall–Kier alpha value is -2.97. The number of rotatable bonds is 20. The average molecular weight is 466 g/mol. The fourth-order valence-corrected chi connectivity index (χ4v) is 2.32. The van der Waals surface area contributed by atoms with E-state index >= 15 is 0 Å². The molecule has 0 aliphatic rings. The van der Waals surface area contributed by atoms with Gasteiger partial charge in [0.25, 0.3) is 0 Å². The van der Waals surface area contributed by atoms with Crippen molar-refractivity contribution in [2.75, 3.05) is 46.2 Å². The van der Waals surface area contributed by atoms with Gasteiger partial charge in [0.15, 0.2) is 0 Å². The van der Waals surface area contributed by atoms with Gasteiger partial charge in [-0.15, -0.1) is 0 Å². The molecule has 0 heterocycles. The van der Waals surface area contributed by atoms with Gasteiger partial charge in [0.2, 0.25) is 5.91 Å². The zero-order valence-electron chi connectivity index (χ0n) is 17.5. The molecular weight excluding hydrogens is 436 g/mol. The Balaban J connectivity index is 5.14. The van der Waals surface area contributed by atoms with Crippen LogP contribution in [-0.2, 0) is 33.4 Å². The Labute approximate surface area is 183 Å². The monoisotopic (exact) mass is 466 g/mol. The molecule has 0 aliphatic heterocycles. The van der Waals surface area contributed by atoms with E-state index in [0.29, 0.717) is 0 Å². The van der Waals surface area contributed by atoms with Crippen LogP contribution in [0.5, 0.6) is 0 Å². The summed E-state index contributed by atoms with van der Waals surface area (Å²) in [5, 5.41) is 39.5. The number of carbonyl (C=O) groups is 5. The third-order valence-electron chi connectivity index (χ3n) is 3.78. The smallest absolute Gasteiger partial charge is 0.404 e. The summed E-state index contributed by atoms with van der Waals surface area (Å²) in [7, 11) is 0. The van der Waals surface area contributed by atoms with Crippen LogP contribution in [0.2, 0.25) is 0 Å². The van der Waals surface area contributed by atoms with Gasteiger partial charge in [-0.1, -0.05) is 0 Å². The van der Waals surface area contributed by atoms with Crippen molar-refractivity contribution in [1.29, 1.82) is 0 Å². The summed E-state index contributed by atoms with van der Waals surface area (Å²) in [5.74, 6) is -3.80. The minimum Gasteiger partial charge on any atom is -0.481 e. The number of carboxylic acid groups (broad SMARTS) is 4.